The molecule has 16 heavy (non-hydrogen) atoms. The molecular weight excluding hydrogens is 202 g/mol. The third-order valence-electron chi connectivity index (χ3n) is 3.23. The van der Waals surface area contributed by atoms with Crippen molar-refractivity contribution in [1.29, 1.82) is 0 Å². The fourth-order valence-electron chi connectivity index (χ4n) is 1.90. The zero-order valence-corrected chi connectivity index (χ0v) is 10.1. The van der Waals surface area contributed by atoms with Gasteiger partial charge in [0.25, 0.3) is 0 Å². The van der Waals surface area contributed by atoms with Crippen LogP contribution in [0, 0.1) is 5.92 Å². The minimum Gasteiger partial charge on any atom is -0.395 e. The lowest BCUT2D eigenvalue weighted by molar-refractivity contribution is 0.209. The van der Waals surface area contributed by atoms with Crippen molar-refractivity contribution in [1.82, 2.24) is 14.9 Å². The van der Waals surface area contributed by atoms with Gasteiger partial charge in [0.1, 0.15) is 0 Å². The average molecular weight is 223 g/mol. The molecule has 0 amide bonds. The van der Waals surface area contributed by atoms with Gasteiger partial charge in [-0.2, -0.15) is 0 Å². The Morgan fingerprint density at radius 1 is 1.56 bits per heavy atom. The van der Waals surface area contributed by atoms with Crippen molar-refractivity contribution in [3.8, 4) is 0 Å². The molecule has 90 valence electrons. The van der Waals surface area contributed by atoms with E-state index in [0.717, 1.165) is 6.54 Å². The Kier molecular flexibility index (Phi) is 3.61. The van der Waals surface area contributed by atoms with E-state index in [4.69, 9.17) is 0 Å². The minimum atomic E-state index is 0.169. The van der Waals surface area contributed by atoms with Gasteiger partial charge in [0, 0.05) is 24.8 Å². The van der Waals surface area contributed by atoms with Crippen molar-refractivity contribution >= 4 is 0 Å². The van der Waals surface area contributed by atoms with Crippen molar-refractivity contribution in [3.63, 3.8) is 0 Å². The van der Waals surface area contributed by atoms with E-state index in [-0.39, 0.29) is 12.6 Å². The van der Waals surface area contributed by atoms with Crippen molar-refractivity contribution in [2.75, 3.05) is 6.61 Å². The molecule has 0 spiro atoms. The van der Waals surface area contributed by atoms with E-state index in [1.54, 1.807) is 0 Å². The van der Waals surface area contributed by atoms with E-state index in [1.165, 1.54) is 18.5 Å². The van der Waals surface area contributed by atoms with Gasteiger partial charge in [-0.25, -0.2) is 4.98 Å². The Morgan fingerprint density at radius 3 is 2.88 bits per heavy atom. The largest absolute Gasteiger partial charge is 0.395 e. The maximum atomic E-state index is 9.23. The van der Waals surface area contributed by atoms with Gasteiger partial charge in [0.15, 0.2) is 0 Å². The first kappa shape index (κ1) is 11.6. The number of aliphatic hydroxyl groups excluding tert-OH is 1. The first-order chi connectivity index (χ1) is 7.72. The van der Waals surface area contributed by atoms with E-state index < -0.39 is 0 Å². The number of aromatic nitrogens is 2. The molecule has 1 aliphatic rings. The fourth-order valence-corrected chi connectivity index (χ4v) is 1.90. The van der Waals surface area contributed by atoms with Crippen LogP contribution in [0.3, 0.4) is 0 Å². The summed E-state index contributed by atoms with van der Waals surface area (Å²) < 4.78 is 2.25. The Balaban J connectivity index is 1.90. The third-order valence-corrected chi connectivity index (χ3v) is 3.23. The molecule has 4 nitrogen and oxygen atoms in total. The smallest absolute Gasteiger partial charge is 0.0951 e. The normalized spacial score (nSPS) is 18.0. The van der Waals surface area contributed by atoms with Gasteiger partial charge in [-0.15, -0.1) is 0 Å². The second-order valence-corrected chi connectivity index (χ2v) is 4.94. The number of rotatable bonds is 6. The van der Waals surface area contributed by atoms with Crippen molar-refractivity contribution in [3.05, 3.63) is 18.2 Å². The van der Waals surface area contributed by atoms with Crippen molar-refractivity contribution in [2.45, 2.75) is 45.3 Å². The molecular formula is C12H21N3O. The molecule has 1 heterocycles. The Morgan fingerprint density at radius 2 is 2.31 bits per heavy atom. The molecule has 0 unspecified atom stereocenters. The zero-order valence-electron chi connectivity index (χ0n) is 10.1. The minimum absolute atomic E-state index is 0.169. The number of nitrogens with zero attached hydrogens (tertiary/aromatic N) is 2. The molecule has 1 aromatic rings. The number of hydrogen-bond donors (Lipinski definition) is 2. The summed E-state index contributed by atoms with van der Waals surface area (Å²) in [6.45, 7) is 5.22. The molecule has 0 aromatic carbocycles. The quantitative estimate of drug-likeness (QED) is 0.765. The van der Waals surface area contributed by atoms with E-state index in [0.29, 0.717) is 12.0 Å². The molecule has 0 radical (unpaired) electrons. The number of aliphatic hydroxyl groups is 1. The predicted octanol–water partition coefficient (Wildman–Crippen LogP) is 1.32. The SMILES string of the molecule is CC(C)[C@@H](CO)NCc1cncn1C1CC1. The molecule has 1 saturated carbocycles. The molecule has 0 bridgehead atoms. The summed E-state index contributed by atoms with van der Waals surface area (Å²) in [6.07, 6.45) is 6.38. The highest BCUT2D eigenvalue weighted by atomic mass is 16.3. The number of imidazole rings is 1. The average Bonchev–Trinajstić information content (AvgIpc) is 2.99. The molecule has 2 rings (SSSR count). The maximum absolute atomic E-state index is 9.23. The lowest BCUT2D eigenvalue weighted by atomic mass is 10.1. The molecule has 1 fully saturated rings. The highest BCUT2D eigenvalue weighted by Crippen LogP contribution is 2.35. The van der Waals surface area contributed by atoms with Crippen LogP contribution in [0.25, 0.3) is 0 Å². The third kappa shape index (κ3) is 2.62. The maximum Gasteiger partial charge on any atom is 0.0951 e. The molecule has 1 atom stereocenters. The summed E-state index contributed by atoms with van der Waals surface area (Å²) in [7, 11) is 0. The Hall–Kier alpha value is -0.870. The van der Waals surface area contributed by atoms with Gasteiger partial charge in [0.2, 0.25) is 0 Å². The van der Waals surface area contributed by atoms with E-state index >= 15 is 0 Å². The summed E-state index contributed by atoms with van der Waals surface area (Å²) >= 11 is 0. The van der Waals surface area contributed by atoms with Gasteiger partial charge in [-0.05, 0) is 18.8 Å². The van der Waals surface area contributed by atoms with Crippen LogP contribution >= 0.6 is 0 Å². The zero-order chi connectivity index (χ0) is 11.5. The molecule has 1 aromatic heterocycles. The Labute approximate surface area is 96.7 Å². The number of nitrogens with one attached hydrogen (secondary N) is 1. The highest BCUT2D eigenvalue weighted by Gasteiger charge is 2.25. The van der Waals surface area contributed by atoms with Gasteiger partial charge < -0.3 is 15.0 Å². The molecule has 1 aliphatic carbocycles. The van der Waals surface area contributed by atoms with Crippen LogP contribution in [-0.4, -0.2) is 27.3 Å². The van der Waals surface area contributed by atoms with Crippen LogP contribution in [-0.2, 0) is 6.54 Å². The van der Waals surface area contributed by atoms with Gasteiger partial charge >= 0.3 is 0 Å². The van der Waals surface area contributed by atoms with E-state index in [1.807, 2.05) is 12.5 Å². The summed E-state index contributed by atoms with van der Waals surface area (Å²) in [6, 6.07) is 0.841. The molecule has 2 N–H and O–H groups in total. The Bertz CT molecular complexity index is 331. The molecule has 4 heteroatoms. The van der Waals surface area contributed by atoms with Gasteiger partial charge in [-0.1, -0.05) is 13.8 Å². The van der Waals surface area contributed by atoms with Gasteiger partial charge in [-0.3, -0.25) is 0 Å². The monoisotopic (exact) mass is 223 g/mol. The van der Waals surface area contributed by atoms with Crippen LogP contribution < -0.4 is 5.32 Å². The first-order valence-corrected chi connectivity index (χ1v) is 6.07. The van der Waals surface area contributed by atoms with Crippen LogP contribution in [0.1, 0.15) is 38.4 Å². The fraction of sp³-hybridized carbons (Fsp3) is 0.750. The summed E-state index contributed by atoms with van der Waals surface area (Å²) in [4.78, 5) is 4.19. The highest BCUT2D eigenvalue weighted by molar-refractivity contribution is 5.03. The number of hydrogen-bond acceptors (Lipinski definition) is 3. The first-order valence-electron chi connectivity index (χ1n) is 6.07. The van der Waals surface area contributed by atoms with Crippen LogP contribution in [0.2, 0.25) is 0 Å². The topological polar surface area (TPSA) is 50.1 Å². The predicted molar refractivity (Wildman–Crippen MR) is 63.0 cm³/mol. The second-order valence-electron chi connectivity index (χ2n) is 4.94. The summed E-state index contributed by atoms with van der Waals surface area (Å²) in [5.74, 6) is 0.447. The molecule has 0 aliphatic heterocycles. The summed E-state index contributed by atoms with van der Waals surface area (Å²) in [5.41, 5.74) is 1.22. The van der Waals surface area contributed by atoms with E-state index in [9.17, 15) is 5.11 Å². The van der Waals surface area contributed by atoms with Crippen LogP contribution in [0.15, 0.2) is 12.5 Å². The lowest BCUT2D eigenvalue weighted by Crippen LogP contribution is -2.36. The van der Waals surface area contributed by atoms with Crippen molar-refractivity contribution in [2.24, 2.45) is 5.92 Å². The van der Waals surface area contributed by atoms with Crippen LogP contribution in [0.5, 0.6) is 0 Å². The second kappa shape index (κ2) is 4.97. The molecule has 0 saturated heterocycles. The summed E-state index contributed by atoms with van der Waals surface area (Å²) in [5, 5.41) is 12.6. The van der Waals surface area contributed by atoms with Crippen molar-refractivity contribution < 1.29 is 5.11 Å². The van der Waals surface area contributed by atoms with Gasteiger partial charge in [0.05, 0.1) is 18.6 Å². The van der Waals surface area contributed by atoms with Crippen LogP contribution in [0.4, 0.5) is 0 Å². The standard InChI is InChI=1S/C12H21N3O/c1-9(2)12(7-16)14-6-11-5-13-8-15(11)10-3-4-10/h5,8-10,12,14,16H,3-4,6-7H2,1-2H3/t12-/m1/s1. The van der Waals surface area contributed by atoms with E-state index in [2.05, 4.69) is 28.7 Å². The lowest BCUT2D eigenvalue weighted by Gasteiger charge is -2.20.